The quantitative estimate of drug-likeness (QED) is 0.757. The first-order valence-electron chi connectivity index (χ1n) is 4.95. The number of nitrogens with one attached hydrogen (secondary N) is 1. The molecule has 0 bridgehead atoms. The summed E-state index contributed by atoms with van der Waals surface area (Å²) in [6, 6.07) is 2.75. The maximum Gasteiger partial charge on any atom is 0.337 e. The van der Waals surface area contributed by atoms with Crippen LogP contribution in [0, 0.1) is 18.8 Å². The summed E-state index contributed by atoms with van der Waals surface area (Å²) >= 11 is 0. The minimum Gasteiger partial charge on any atom is -0.478 e. The van der Waals surface area contributed by atoms with Crippen LogP contribution >= 0.6 is 0 Å². The van der Waals surface area contributed by atoms with E-state index in [0.717, 1.165) is 0 Å². The maximum atomic E-state index is 11.6. The van der Waals surface area contributed by atoms with Crippen LogP contribution in [0.25, 0.3) is 0 Å². The second kappa shape index (κ2) is 5.66. The highest BCUT2D eigenvalue weighted by atomic mass is 16.4. The number of amides is 1. The first-order chi connectivity index (χ1) is 8.06. The highest BCUT2D eigenvalue weighted by Gasteiger charge is 2.12. The summed E-state index contributed by atoms with van der Waals surface area (Å²) in [5.41, 5.74) is 0.590. The number of hydrogen-bond donors (Lipinski definition) is 2. The van der Waals surface area contributed by atoms with Crippen molar-refractivity contribution >= 4 is 11.9 Å². The molecule has 0 radical (unpaired) electrons. The van der Waals surface area contributed by atoms with Crippen LogP contribution in [0.1, 0.15) is 33.5 Å². The van der Waals surface area contributed by atoms with Gasteiger partial charge in [-0.15, -0.1) is 5.92 Å². The molecule has 0 fully saturated rings. The van der Waals surface area contributed by atoms with Crippen molar-refractivity contribution in [3.05, 3.63) is 29.1 Å². The van der Waals surface area contributed by atoms with E-state index >= 15 is 0 Å². The fourth-order valence-electron chi connectivity index (χ4n) is 1.22. The third-order valence-corrected chi connectivity index (χ3v) is 2.06. The van der Waals surface area contributed by atoms with Crippen molar-refractivity contribution in [3.8, 4) is 11.8 Å². The zero-order valence-electron chi connectivity index (χ0n) is 9.57. The van der Waals surface area contributed by atoms with Crippen LogP contribution in [0.2, 0.25) is 0 Å². The Bertz CT molecular complexity index is 512. The van der Waals surface area contributed by atoms with Crippen molar-refractivity contribution in [1.82, 2.24) is 10.3 Å². The first kappa shape index (κ1) is 12.7. The van der Waals surface area contributed by atoms with Gasteiger partial charge in [0, 0.05) is 0 Å². The molecule has 0 saturated carbocycles. The number of carbonyl (C=O) groups is 2. The smallest absolute Gasteiger partial charge is 0.337 e. The number of rotatable bonds is 3. The Kier molecular flexibility index (Phi) is 4.23. The molecule has 0 aromatic carbocycles. The third kappa shape index (κ3) is 3.31. The summed E-state index contributed by atoms with van der Waals surface area (Å²) in [6.45, 7) is 3.47. The maximum absolute atomic E-state index is 11.6. The molecule has 17 heavy (non-hydrogen) atoms. The zero-order valence-corrected chi connectivity index (χ0v) is 9.57. The number of carboxylic acid groups (broad SMARTS) is 1. The molecule has 1 aromatic heterocycles. The average Bonchev–Trinajstić information content (AvgIpc) is 2.28. The van der Waals surface area contributed by atoms with Gasteiger partial charge in [0.15, 0.2) is 0 Å². The molecule has 88 valence electrons. The van der Waals surface area contributed by atoms with E-state index in [2.05, 4.69) is 22.1 Å². The summed E-state index contributed by atoms with van der Waals surface area (Å²) in [6.07, 6.45) is 0. The summed E-state index contributed by atoms with van der Waals surface area (Å²) in [7, 11) is 0. The monoisotopic (exact) mass is 232 g/mol. The Morgan fingerprint density at radius 1 is 1.47 bits per heavy atom. The van der Waals surface area contributed by atoms with Gasteiger partial charge in [0.05, 0.1) is 17.8 Å². The molecule has 1 heterocycles. The second-order valence-electron chi connectivity index (χ2n) is 3.24. The van der Waals surface area contributed by atoms with E-state index in [9.17, 15) is 9.59 Å². The number of carbonyl (C=O) groups excluding carboxylic acids is 1. The van der Waals surface area contributed by atoms with E-state index in [-0.39, 0.29) is 23.7 Å². The van der Waals surface area contributed by atoms with Crippen LogP contribution in [-0.4, -0.2) is 28.5 Å². The molecular weight excluding hydrogens is 220 g/mol. The largest absolute Gasteiger partial charge is 0.478 e. The fourth-order valence-corrected chi connectivity index (χ4v) is 1.22. The number of hydrogen-bond acceptors (Lipinski definition) is 3. The number of nitrogens with zero attached hydrogens (tertiary/aromatic N) is 1. The van der Waals surface area contributed by atoms with Crippen molar-refractivity contribution in [2.24, 2.45) is 0 Å². The van der Waals surface area contributed by atoms with Gasteiger partial charge in [-0.3, -0.25) is 4.79 Å². The SMILES string of the molecule is CC#CCNC(=O)c1ccc(C(=O)O)c(C)n1. The molecule has 5 nitrogen and oxygen atoms in total. The van der Waals surface area contributed by atoms with E-state index in [1.807, 2.05) is 0 Å². The van der Waals surface area contributed by atoms with E-state index < -0.39 is 5.97 Å². The Morgan fingerprint density at radius 3 is 2.71 bits per heavy atom. The van der Waals surface area contributed by atoms with Crippen LogP contribution in [0.4, 0.5) is 0 Å². The molecule has 0 saturated heterocycles. The topological polar surface area (TPSA) is 79.3 Å². The zero-order chi connectivity index (χ0) is 12.8. The molecule has 1 rings (SSSR count). The van der Waals surface area contributed by atoms with Crippen molar-refractivity contribution in [3.63, 3.8) is 0 Å². The van der Waals surface area contributed by atoms with Gasteiger partial charge in [0.1, 0.15) is 5.69 Å². The molecule has 5 heteroatoms. The lowest BCUT2D eigenvalue weighted by molar-refractivity contribution is 0.0694. The van der Waals surface area contributed by atoms with Gasteiger partial charge in [0.2, 0.25) is 0 Å². The van der Waals surface area contributed by atoms with Crippen LogP contribution in [0.5, 0.6) is 0 Å². The van der Waals surface area contributed by atoms with Crippen molar-refractivity contribution < 1.29 is 14.7 Å². The first-order valence-corrected chi connectivity index (χ1v) is 4.95. The average molecular weight is 232 g/mol. The van der Waals surface area contributed by atoms with E-state index in [0.29, 0.717) is 5.69 Å². The predicted octanol–water partition coefficient (Wildman–Crippen LogP) is 0.841. The normalized spacial score (nSPS) is 9.06. The molecule has 0 atom stereocenters. The minimum atomic E-state index is -1.06. The van der Waals surface area contributed by atoms with Crippen molar-refractivity contribution in [2.45, 2.75) is 13.8 Å². The van der Waals surface area contributed by atoms with Gasteiger partial charge in [-0.05, 0) is 26.0 Å². The Balaban J connectivity index is 2.85. The minimum absolute atomic E-state index is 0.0925. The molecule has 1 aromatic rings. The van der Waals surface area contributed by atoms with Gasteiger partial charge in [0.25, 0.3) is 5.91 Å². The van der Waals surface area contributed by atoms with Gasteiger partial charge >= 0.3 is 5.97 Å². The fraction of sp³-hybridized carbons (Fsp3) is 0.250. The van der Waals surface area contributed by atoms with Crippen LogP contribution in [-0.2, 0) is 0 Å². The van der Waals surface area contributed by atoms with Crippen LogP contribution < -0.4 is 5.32 Å². The highest BCUT2D eigenvalue weighted by Crippen LogP contribution is 2.06. The van der Waals surface area contributed by atoms with Crippen LogP contribution in [0.15, 0.2) is 12.1 Å². The molecule has 0 unspecified atom stereocenters. The van der Waals surface area contributed by atoms with Gasteiger partial charge in [-0.2, -0.15) is 0 Å². The van der Waals surface area contributed by atoms with Crippen molar-refractivity contribution in [1.29, 1.82) is 0 Å². The third-order valence-electron chi connectivity index (χ3n) is 2.06. The standard InChI is InChI=1S/C12H12N2O3/c1-3-4-7-13-11(15)10-6-5-9(12(16)17)8(2)14-10/h5-6H,7H2,1-2H3,(H,13,15)(H,16,17). The Morgan fingerprint density at radius 2 is 2.18 bits per heavy atom. The van der Waals surface area contributed by atoms with E-state index in [1.54, 1.807) is 13.8 Å². The lowest BCUT2D eigenvalue weighted by Gasteiger charge is -2.04. The molecular formula is C12H12N2O3. The summed E-state index contributed by atoms with van der Waals surface area (Å²) in [5.74, 6) is 3.91. The lowest BCUT2D eigenvalue weighted by atomic mass is 10.2. The van der Waals surface area contributed by atoms with E-state index in [1.165, 1.54) is 12.1 Å². The van der Waals surface area contributed by atoms with Crippen LogP contribution in [0.3, 0.4) is 0 Å². The molecule has 2 N–H and O–H groups in total. The molecule has 0 aliphatic rings. The van der Waals surface area contributed by atoms with Crippen molar-refractivity contribution in [2.75, 3.05) is 6.54 Å². The molecule has 0 aliphatic carbocycles. The Hall–Kier alpha value is -2.35. The van der Waals surface area contributed by atoms with E-state index in [4.69, 9.17) is 5.11 Å². The lowest BCUT2D eigenvalue weighted by Crippen LogP contribution is -2.25. The number of pyridine rings is 1. The summed E-state index contributed by atoms with van der Waals surface area (Å²) in [5, 5.41) is 11.4. The highest BCUT2D eigenvalue weighted by molar-refractivity contribution is 5.94. The van der Waals surface area contributed by atoms with Gasteiger partial charge in [-0.25, -0.2) is 9.78 Å². The number of aromatic nitrogens is 1. The molecule has 0 aliphatic heterocycles. The van der Waals surface area contributed by atoms with Gasteiger partial charge < -0.3 is 10.4 Å². The Labute approximate surface area is 98.9 Å². The summed E-state index contributed by atoms with van der Waals surface area (Å²) < 4.78 is 0. The van der Waals surface area contributed by atoms with Gasteiger partial charge in [-0.1, -0.05) is 5.92 Å². The number of carboxylic acids is 1. The second-order valence-corrected chi connectivity index (χ2v) is 3.24. The molecule has 0 spiro atoms. The summed E-state index contributed by atoms with van der Waals surface area (Å²) in [4.78, 5) is 26.3. The number of aryl methyl sites for hydroxylation is 1. The predicted molar refractivity (Wildman–Crippen MR) is 61.7 cm³/mol. The number of aromatic carboxylic acids is 1. The molecule has 1 amide bonds.